The minimum atomic E-state index is -3.56. The van der Waals surface area contributed by atoms with Crippen molar-refractivity contribution in [1.82, 2.24) is 19.9 Å². The Hall–Kier alpha value is -2.37. The minimum absolute atomic E-state index is 0.0151. The molecule has 0 aliphatic rings. The summed E-state index contributed by atoms with van der Waals surface area (Å²) in [5.74, 6) is 0.915. The van der Waals surface area contributed by atoms with Crippen LogP contribution in [-0.2, 0) is 22.9 Å². The molecular formula is C20H32N6O4S. The molecule has 2 heterocycles. The zero-order valence-electron chi connectivity index (χ0n) is 18.4. The van der Waals surface area contributed by atoms with E-state index in [1.165, 1.54) is 0 Å². The summed E-state index contributed by atoms with van der Waals surface area (Å²) in [6.45, 7) is 6.03. The van der Waals surface area contributed by atoms with Gasteiger partial charge in [0.15, 0.2) is 0 Å². The van der Waals surface area contributed by atoms with Gasteiger partial charge >= 0.3 is 0 Å². The molecule has 0 bridgehead atoms. The van der Waals surface area contributed by atoms with Gasteiger partial charge in [0.05, 0.1) is 18.9 Å². The molecule has 0 aromatic carbocycles. The first-order chi connectivity index (χ1) is 14.6. The van der Waals surface area contributed by atoms with Gasteiger partial charge < -0.3 is 15.5 Å². The zero-order chi connectivity index (χ0) is 23.0. The van der Waals surface area contributed by atoms with E-state index in [0.717, 1.165) is 17.5 Å². The molecule has 10 nitrogen and oxygen atoms in total. The van der Waals surface area contributed by atoms with Crippen LogP contribution in [0, 0.1) is 5.92 Å². The molecule has 172 valence electrons. The summed E-state index contributed by atoms with van der Waals surface area (Å²) in [5, 5.41) is 21.7. The van der Waals surface area contributed by atoms with Gasteiger partial charge in [-0.2, -0.15) is 15.0 Å². The molecule has 0 fully saturated rings. The number of hydrogen-bond donors (Lipinski definition) is 4. The average Bonchev–Trinajstić information content (AvgIpc) is 2.66. The van der Waals surface area contributed by atoms with Gasteiger partial charge in [-0.3, -0.25) is 9.71 Å². The van der Waals surface area contributed by atoms with Gasteiger partial charge in [-0.25, -0.2) is 8.42 Å². The fourth-order valence-corrected chi connectivity index (χ4v) is 3.52. The lowest BCUT2D eigenvalue weighted by atomic mass is 9.99. The molecule has 31 heavy (non-hydrogen) atoms. The molecule has 2 aromatic rings. The Morgan fingerprint density at radius 1 is 1.06 bits per heavy atom. The highest BCUT2D eigenvalue weighted by atomic mass is 32.2. The van der Waals surface area contributed by atoms with Crippen LogP contribution in [0.4, 0.5) is 11.9 Å². The van der Waals surface area contributed by atoms with E-state index in [2.05, 4.69) is 30.0 Å². The van der Waals surface area contributed by atoms with Crippen LogP contribution in [0.2, 0.25) is 0 Å². The lowest BCUT2D eigenvalue weighted by Gasteiger charge is -2.19. The van der Waals surface area contributed by atoms with E-state index >= 15 is 0 Å². The maximum absolute atomic E-state index is 11.7. The van der Waals surface area contributed by atoms with E-state index in [9.17, 15) is 13.5 Å². The van der Waals surface area contributed by atoms with Gasteiger partial charge in [-0.15, -0.1) is 0 Å². The van der Waals surface area contributed by atoms with Crippen LogP contribution in [0.15, 0.2) is 18.3 Å². The molecule has 0 aliphatic heterocycles. The van der Waals surface area contributed by atoms with Crippen LogP contribution < -0.4 is 10.0 Å². The van der Waals surface area contributed by atoms with E-state index < -0.39 is 10.0 Å². The van der Waals surface area contributed by atoms with Gasteiger partial charge in [0, 0.05) is 31.3 Å². The smallest absolute Gasteiger partial charge is 0.241 e. The number of aromatic nitrogens is 4. The highest BCUT2D eigenvalue weighted by Gasteiger charge is 2.17. The first kappa shape index (κ1) is 24.9. The summed E-state index contributed by atoms with van der Waals surface area (Å²) in [6.07, 6.45) is 4.43. The van der Waals surface area contributed by atoms with Gasteiger partial charge in [-0.1, -0.05) is 26.8 Å². The molecule has 0 radical (unpaired) electrons. The Kier molecular flexibility index (Phi) is 9.08. The predicted molar refractivity (Wildman–Crippen MR) is 119 cm³/mol. The van der Waals surface area contributed by atoms with Crippen LogP contribution in [0.3, 0.4) is 0 Å². The molecule has 2 aromatic heterocycles. The van der Waals surface area contributed by atoms with Gasteiger partial charge in [0.2, 0.25) is 21.9 Å². The minimum Gasteiger partial charge on any atom is -0.396 e. The zero-order valence-corrected chi connectivity index (χ0v) is 19.2. The van der Waals surface area contributed by atoms with Crippen LogP contribution in [0.25, 0.3) is 0 Å². The monoisotopic (exact) mass is 452 g/mol. The van der Waals surface area contributed by atoms with E-state index in [1.807, 2.05) is 32.9 Å². The largest absolute Gasteiger partial charge is 0.396 e. The summed E-state index contributed by atoms with van der Waals surface area (Å²) in [4.78, 5) is 17.2. The van der Waals surface area contributed by atoms with E-state index in [0.29, 0.717) is 31.0 Å². The summed E-state index contributed by atoms with van der Waals surface area (Å²) in [5.41, 5.74) is 1.78. The van der Waals surface area contributed by atoms with Crippen LogP contribution in [0.5, 0.6) is 0 Å². The summed E-state index contributed by atoms with van der Waals surface area (Å²) < 4.78 is 25.7. The highest BCUT2D eigenvalue weighted by Crippen LogP contribution is 2.20. The van der Waals surface area contributed by atoms with Crippen molar-refractivity contribution in [1.29, 1.82) is 0 Å². The molecule has 0 saturated carbocycles. The number of rotatable bonds is 12. The van der Waals surface area contributed by atoms with Crippen molar-refractivity contribution >= 4 is 21.9 Å². The van der Waals surface area contributed by atoms with Crippen LogP contribution in [-0.4, -0.2) is 64.1 Å². The molecule has 0 aliphatic carbocycles. The van der Waals surface area contributed by atoms with E-state index in [-0.39, 0.29) is 37.1 Å². The van der Waals surface area contributed by atoms with Gasteiger partial charge in [0.1, 0.15) is 5.82 Å². The van der Waals surface area contributed by atoms with Crippen molar-refractivity contribution in [2.45, 2.75) is 52.0 Å². The molecule has 0 saturated heterocycles. The molecule has 0 spiro atoms. The van der Waals surface area contributed by atoms with Crippen molar-refractivity contribution in [3.8, 4) is 0 Å². The molecule has 4 N–H and O–H groups in total. The number of aliphatic hydroxyl groups is 2. The van der Waals surface area contributed by atoms with Crippen molar-refractivity contribution in [2.75, 3.05) is 29.5 Å². The van der Waals surface area contributed by atoms with E-state index in [1.54, 1.807) is 6.20 Å². The fraction of sp³-hybridized carbons (Fsp3) is 0.600. The van der Waals surface area contributed by atoms with Crippen molar-refractivity contribution < 1.29 is 18.6 Å². The maximum Gasteiger partial charge on any atom is 0.241 e. The predicted octanol–water partition coefficient (Wildman–Crippen LogP) is 1.34. The SMILES string of the molecule is CC(C)CC(CO)Nc1nc(CC(C)c2ccc(CCO)nc2)nc(NS(C)(=O)=O)n1. The molecule has 2 unspecified atom stereocenters. The van der Waals surface area contributed by atoms with E-state index in [4.69, 9.17) is 5.11 Å². The number of hydrogen-bond acceptors (Lipinski definition) is 9. The number of pyridine rings is 1. The van der Waals surface area contributed by atoms with Crippen LogP contribution >= 0.6 is 0 Å². The topological polar surface area (TPSA) is 150 Å². The number of nitrogens with zero attached hydrogens (tertiary/aromatic N) is 4. The average molecular weight is 453 g/mol. The van der Waals surface area contributed by atoms with Crippen LogP contribution in [0.1, 0.15) is 50.2 Å². The molecule has 2 rings (SSSR count). The first-order valence-corrected chi connectivity index (χ1v) is 12.1. The summed E-state index contributed by atoms with van der Waals surface area (Å²) in [6, 6.07) is 3.56. The Balaban J connectivity index is 2.26. The molecule has 11 heteroatoms. The number of sulfonamides is 1. The van der Waals surface area contributed by atoms with Gasteiger partial charge in [-0.05, 0) is 29.9 Å². The number of aliphatic hydroxyl groups excluding tert-OH is 2. The Bertz CT molecular complexity index is 937. The molecular weight excluding hydrogens is 420 g/mol. The summed E-state index contributed by atoms with van der Waals surface area (Å²) >= 11 is 0. The van der Waals surface area contributed by atoms with Crippen molar-refractivity contribution in [2.24, 2.45) is 5.92 Å². The third-order valence-electron chi connectivity index (χ3n) is 4.54. The molecule has 0 amide bonds. The Morgan fingerprint density at radius 2 is 1.77 bits per heavy atom. The fourth-order valence-electron chi connectivity index (χ4n) is 3.10. The first-order valence-electron chi connectivity index (χ1n) is 10.3. The lowest BCUT2D eigenvalue weighted by Crippen LogP contribution is -2.27. The second-order valence-corrected chi connectivity index (χ2v) is 9.84. The third-order valence-corrected chi connectivity index (χ3v) is 5.09. The van der Waals surface area contributed by atoms with Crippen molar-refractivity contribution in [3.63, 3.8) is 0 Å². The maximum atomic E-state index is 11.7. The second-order valence-electron chi connectivity index (χ2n) is 8.09. The number of anilines is 2. The standard InChI is InChI=1S/C20H32N6O4S/c1-13(2)9-17(12-28)22-19-23-18(24-20(25-19)26-31(4,29)30)10-14(3)15-5-6-16(7-8-27)21-11-15/h5-6,11,13-14,17,27-28H,7-10,12H2,1-4H3,(H2,22,23,24,25,26). The summed E-state index contributed by atoms with van der Waals surface area (Å²) in [7, 11) is -3.56. The van der Waals surface area contributed by atoms with Gasteiger partial charge in [0.25, 0.3) is 0 Å². The molecule has 2 atom stereocenters. The third kappa shape index (κ3) is 8.72. The lowest BCUT2D eigenvalue weighted by molar-refractivity contribution is 0.259. The Labute approximate surface area is 183 Å². The number of nitrogens with one attached hydrogen (secondary N) is 2. The van der Waals surface area contributed by atoms with Crippen molar-refractivity contribution in [3.05, 3.63) is 35.4 Å². The second kappa shape index (κ2) is 11.3. The normalized spacial score (nSPS) is 13.8. The Morgan fingerprint density at radius 3 is 2.32 bits per heavy atom. The quantitative estimate of drug-likeness (QED) is 0.374. The highest BCUT2D eigenvalue weighted by molar-refractivity contribution is 7.91.